The standard InChI is InChI=1S/C55H88O25/c1-50(2)29-10-13-54(6)30(9-8-23-24-18-51(3,48(70)72-7)14-16-55(24,17-15-53(23,54)5)49(71)80-47-39(67)35(63)33(61)26(20-57)74-47)52(29,4)12-11-31(50)77-44-40(68)36(64)42(27(21-58)75-44)79-46-41(69)37(65)43(28(22-59)76-46)78-45-38(66)34(62)32(60)25(19-56)73-45/h8,24-47,56-69H,9-22H2,1-7H3. The normalized spacial score (nSPS) is 53.0. The number of aliphatic hydroxyl groups is 14. The molecule has 80 heavy (non-hydrogen) atoms. The minimum atomic E-state index is -1.98. The molecule has 458 valence electrons. The highest BCUT2D eigenvalue weighted by molar-refractivity contribution is 5.81. The van der Waals surface area contributed by atoms with Crippen LogP contribution >= 0.6 is 0 Å². The van der Waals surface area contributed by atoms with Crippen LogP contribution in [-0.4, -0.2) is 246 Å². The van der Waals surface area contributed by atoms with Crippen molar-refractivity contribution in [2.24, 2.45) is 50.2 Å². The molecule has 29 unspecified atom stereocenters. The van der Waals surface area contributed by atoms with E-state index in [1.54, 1.807) is 0 Å². The van der Waals surface area contributed by atoms with Crippen LogP contribution in [0.4, 0.5) is 0 Å². The number of hydrogen-bond acceptors (Lipinski definition) is 25. The van der Waals surface area contributed by atoms with Gasteiger partial charge in [-0.1, -0.05) is 46.3 Å². The Labute approximate surface area is 464 Å². The Kier molecular flexibility index (Phi) is 17.9. The number of allylic oxidation sites excluding steroid dienone is 2. The maximum Gasteiger partial charge on any atom is 0.315 e. The van der Waals surface area contributed by atoms with Crippen molar-refractivity contribution >= 4 is 11.9 Å². The zero-order valence-corrected chi connectivity index (χ0v) is 46.6. The number of carbonyl (C=O) groups is 2. The molecule has 9 rings (SSSR count). The van der Waals surface area contributed by atoms with Gasteiger partial charge in [0.1, 0.15) is 97.7 Å². The first kappa shape index (κ1) is 62.4. The zero-order chi connectivity index (χ0) is 58.6. The van der Waals surface area contributed by atoms with Crippen LogP contribution in [0.15, 0.2) is 11.6 Å². The van der Waals surface area contributed by atoms with Gasteiger partial charge >= 0.3 is 11.9 Å². The van der Waals surface area contributed by atoms with Gasteiger partial charge in [-0.3, -0.25) is 9.59 Å². The summed E-state index contributed by atoms with van der Waals surface area (Å²) in [6.45, 7) is 9.98. The zero-order valence-electron chi connectivity index (χ0n) is 46.6. The summed E-state index contributed by atoms with van der Waals surface area (Å²) in [5.74, 6) is -1.31. The Bertz CT molecular complexity index is 2230. The van der Waals surface area contributed by atoms with Crippen molar-refractivity contribution in [2.45, 2.75) is 235 Å². The predicted octanol–water partition coefficient (Wildman–Crippen LogP) is -2.88. The maximum atomic E-state index is 14.8. The minimum absolute atomic E-state index is 0.0681. The van der Waals surface area contributed by atoms with E-state index in [1.165, 1.54) is 7.11 Å². The SMILES string of the molecule is COC(=O)C1(C)CCC2(C(=O)OC3OC(CO)C(O)C(O)C3O)CCC3(C)C(=CCC4C5(C)CCC(OC6OC(CO)C(OC7OC(CO)C(OC8OC(CO)C(O)C(O)C8O)C(O)C7O)C(O)C6O)C(C)(C)C5CCC43C)C2C1. The van der Waals surface area contributed by atoms with Crippen LogP contribution in [0, 0.1) is 50.2 Å². The van der Waals surface area contributed by atoms with Crippen LogP contribution in [0.25, 0.3) is 0 Å². The molecule has 0 aromatic carbocycles. The van der Waals surface area contributed by atoms with E-state index in [2.05, 4.69) is 40.7 Å². The number of ether oxygens (including phenoxy) is 9. The lowest BCUT2D eigenvalue weighted by molar-refractivity contribution is -0.383. The Balaban J connectivity index is 0.895. The van der Waals surface area contributed by atoms with E-state index in [-0.39, 0.29) is 35.1 Å². The highest BCUT2D eigenvalue weighted by Crippen LogP contribution is 2.76. The summed E-state index contributed by atoms with van der Waals surface area (Å²) in [4.78, 5) is 28.4. The highest BCUT2D eigenvalue weighted by atomic mass is 16.8. The van der Waals surface area contributed by atoms with Gasteiger partial charge in [-0.15, -0.1) is 0 Å². The first-order chi connectivity index (χ1) is 37.6. The molecule has 4 aliphatic heterocycles. The summed E-state index contributed by atoms with van der Waals surface area (Å²) in [6, 6.07) is 0. The summed E-state index contributed by atoms with van der Waals surface area (Å²) in [6.07, 6.45) is -26.5. The molecule has 5 aliphatic carbocycles. The van der Waals surface area contributed by atoms with Crippen LogP contribution in [0.1, 0.15) is 106 Å². The molecular formula is C55H88O25. The van der Waals surface area contributed by atoms with Gasteiger partial charge in [-0.05, 0) is 111 Å². The van der Waals surface area contributed by atoms with Gasteiger partial charge in [0.25, 0.3) is 0 Å². The second kappa shape index (κ2) is 22.9. The van der Waals surface area contributed by atoms with Crippen LogP contribution in [0.5, 0.6) is 0 Å². The molecule has 9 aliphatic rings. The van der Waals surface area contributed by atoms with Crippen molar-refractivity contribution in [1.29, 1.82) is 0 Å². The maximum absolute atomic E-state index is 14.8. The van der Waals surface area contributed by atoms with Crippen molar-refractivity contribution in [3.8, 4) is 0 Å². The molecule has 4 heterocycles. The van der Waals surface area contributed by atoms with Crippen molar-refractivity contribution in [3.63, 3.8) is 0 Å². The fraction of sp³-hybridized carbons (Fsp3) is 0.927. The van der Waals surface area contributed by atoms with Gasteiger partial charge in [0.05, 0.1) is 50.5 Å². The third kappa shape index (κ3) is 9.93. The molecule has 4 saturated carbocycles. The third-order valence-electron chi connectivity index (χ3n) is 21.9. The molecule has 0 radical (unpaired) electrons. The average molecular weight is 1150 g/mol. The van der Waals surface area contributed by atoms with Gasteiger partial charge in [0.15, 0.2) is 18.9 Å². The lowest BCUT2D eigenvalue weighted by Crippen LogP contribution is -2.67. The van der Waals surface area contributed by atoms with Crippen molar-refractivity contribution in [1.82, 2.24) is 0 Å². The number of fused-ring (bicyclic) bond motifs is 7. The first-order valence-corrected chi connectivity index (χ1v) is 28.4. The molecule has 0 amide bonds. The topological polar surface area (TPSA) is 400 Å². The first-order valence-electron chi connectivity index (χ1n) is 28.4. The molecule has 0 bridgehead atoms. The molecule has 14 N–H and O–H groups in total. The van der Waals surface area contributed by atoms with Gasteiger partial charge < -0.3 is 114 Å². The second-order valence-corrected chi connectivity index (χ2v) is 26.2. The number of methoxy groups -OCH3 is 1. The third-order valence-corrected chi connectivity index (χ3v) is 21.9. The number of hydrogen-bond donors (Lipinski definition) is 14. The van der Waals surface area contributed by atoms with Gasteiger partial charge in [-0.2, -0.15) is 0 Å². The predicted molar refractivity (Wildman–Crippen MR) is 269 cm³/mol. The monoisotopic (exact) mass is 1150 g/mol. The molecule has 0 spiro atoms. The number of carbonyl (C=O) groups excluding carboxylic acids is 2. The largest absolute Gasteiger partial charge is 0.469 e. The van der Waals surface area contributed by atoms with Crippen molar-refractivity contribution in [2.75, 3.05) is 33.5 Å². The molecule has 8 fully saturated rings. The lowest BCUT2D eigenvalue weighted by atomic mass is 9.33. The summed E-state index contributed by atoms with van der Waals surface area (Å²) in [5, 5.41) is 149. The molecule has 25 heteroatoms. The summed E-state index contributed by atoms with van der Waals surface area (Å²) < 4.78 is 52.5. The Morgan fingerprint density at radius 2 is 1.00 bits per heavy atom. The van der Waals surface area contributed by atoms with E-state index in [0.717, 1.165) is 18.4 Å². The van der Waals surface area contributed by atoms with Crippen molar-refractivity contribution < 1.29 is 124 Å². The number of esters is 2. The van der Waals surface area contributed by atoms with Gasteiger partial charge in [0, 0.05) is 0 Å². The van der Waals surface area contributed by atoms with E-state index in [0.29, 0.717) is 44.9 Å². The van der Waals surface area contributed by atoms with Gasteiger partial charge in [0.2, 0.25) is 6.29 Å². The quantitative estimate of drug-likeness (QED) is 0.0500. The molecule has 29 atom stereocenters. The van der Waals surface area contributed by atoms with E-state index in [1.807, 2.05) is 6.92 Å². The molecule has 0 aromatic heterocycles. The second-order valence-electron chi connectivity index (χ2n) is 26.2. The van der Waals surface area contributed by atoms with E-state index < -0.39 is 189 Å². The van der Waals surface area contributed by atoms with Crippen LogP contribution in [0.2, 0.25) is 0 Å². The van der Waals surface area contributed by atoms with Crippen LogP contribution in [0.3, 0.4) is 0 Å². The fourth-order valence-electron chi connectivity index (χ4n) is 16.8. The van der Waals surface area contributed by atoms with Gasteiger partial charge in [-0.25, -0.2) is 0 Å². The number of rotatable bonds is 13. The Morgan fingerprint density at radius 1 is 0.525 bits per heavy atom. The Morgan fingerprint density at radius 3 is 1.52 bits per heavy atom. The molecule has 4 saturated heterocycles. The molecule has 0 aromatic rings. The highest BCUT2D eigenvalue weighted by Gasteiger charge is 2.71. The average Bonchev–Trinajstić information content (AvgIpc) is 3.43. The Hall–Kier alpha value is -2.16. The van der Waals surface area contributed by atoms with Crippen LogP contribution in [-0.2, 0) is 52.2 Å². The summed E-state index contributed by atoms with van der Waals surface area (Å²) >= 11 is 0. The lowest BCUT2D eigenvalue weighted by Gasteiger charge is -2.71. The van der Waals surface area contributed by atoms with E-state index >= 15 is 0 Å². The fourth-order valence-corrected chi connectivity index (χ4v) is 16.8. The smallest absolute Gasteiger partial charge is 0.315 e. The van der Waals surface area contributed by atoms with E-state index in [9.17, 15) is 81.1 Å². The minimum Gasteiger partial charge on any atom is -0.469 e. The van der Waals surface area contributed by atoms with Crippen molar-refractivity contribution in [3.05, 3.63) is 11.6 Å². The molecule has 25 nitrogen and oxygen atoms in total. The van der Waals surface area contributed by atoms with E-state index in [4.69, 9.17) is 42.6 Å². The number of aliphatic hydroxyl groups excluding tert-OH is 14. The molecular weight excluding hydrogens is 1060 g/mol. The van der Waals surface area contributed by atoms with Crippen LogP contribution < -0.4 is 0 Å². The summed E-state index contributed by atoms with van der Waals surface area (Å²) in [5.41, 5.74) is -2.59. The summed E-state index contributed by atoms with van der Waals surface area (Å²) in [7, 11) is 1.35.